The second-order valence-electron chi connectivity index (χ2n) is 4.96. The molecule has 0 amide bonds. The van der Waals surface area contributed by atoms with E-state index in [1.807, 2.05) is 6.07 Å². The van der Waals surface area contributed by atoms with Crippen LogP contribution in [0.4, 0.5) is 5.82 Å². The summed E-state index contributed by atoms with van der Waals surface area (Å²) in [5.74, 6) is 0.779. The van der Waals surface area contributed by atoms with E-state index in [-0.39, 0.29) is 5.82 Å². The zero-order valence-corrected chi connectivity index (χ0v) is 13.9. The largest absolute Gasteiger partial charge is 0.360 e. The van der Waals surface area contributed by atoms with Crippen LogP contribution >= 0.6 is 11.3 Å². The normalized spacial score (nSPS) is 11.7. The standard InChI is InChI=1S/C14H20N2O3S2/c1-3-4-5-6-7-12-8-9-14(20-12)21(17,18)16-13-10-11(2)19-15-13/h8-10H,3-7H2,1-2H3,(H,15,16). The van der Waals surface area contributed by atoms with Crippen molar-refractivity contribution in [3.8, 4) is 0 Å². The summed E-state index contributed by atoms with van der Waals surface area (Å²) in [4.78, 5) is 1.10. The Morgan fingerprint density at radius 2 is 2.10 bits per heavy atom. The summed E-state index contributed by atoms with van der Waals surface area (Å²) in [6, 6.07) is 5.09. The number of unbranched alkanes of at least 4 members (excludes halogenated alkanes) is 3. The van der Waals surface area contributed by atoms with Gasteiger partial charge in [0.15, 0.2) is 5.82 Å². The molecule has 0 fully saturated rings. The number of nitrogens with one attached hydrogen (secondary N) is 1. The fourth-order valence-electron chi connectivity index (χ4n) is 1.97. The second kappa shape index (κ2) is 7.09. The summed E-state index contributed by atoms with van der Waals surface area (Å²) in [5.41, 5.74) is 0. The summed E-state index contributed by atoms with van der Waals surface area (Å²) in [6.07, 6.45) is 5.65. The van der Waals surface area contributed by atoms with E-state index in [1.165, 1.54) is 30.6 Å². The minimum Gasteiger partial charge on any atom is -0.360 e. The number of sulfonamides is 1. The van der Waals surface area contributed by atoms with E-state index in [0.29, 0.717) is 9.97 Å². The first-order valence-corrected chi connectivity index (χ1v) is 9.36. The highest BCUT2D eigenvalue weighted by Crippen LogP contribution is 2.25. The molecular formula is C14H20N2O3S2. The van der Waals surface area contributed by atoms with E-state index in [9.17, 15) is 8.42 Å². The Morgan fingerprint density at radius 3 is 2.76 bits per heavy atom. The van der Waals surface area contributed by atoms with Crippen LogP contribution in [0.3, 0.4) is 0 Å². The van der Waals surface area contributed by atoms with Crippen molar-refractivity contribution in [3.63, 3.8) is 0 Å². The second-order valence-corrected chi connectivity index (χ2v) is 8.04. The molecule has 0 saturated heterocycles. The molecule has 0 radical (unpaired) electrons. The molecule has 2 aromatic rings. The monoisotopic (exact) mass is 328 g/mol. The quantitative estimate of drug-likeness (QED) is 0.744. The first kappa shape index (κ1) is 16.0. The first-order valence-electron chi connectivity index (χ1n) is 7.06. The van der Waals surface area contributed by atoms with Crippen LogP contribution in [0.15, 0.2) is 26.9 Å². The van der Waals surface area contributed by atoms with Crippen molar-refractivity contribution >= 4 is 27.2 Å². The van der Waals surface area contributed by atoms with E-state index in [4.69, 9.17) is 4.52 Å². The molecule has 7 heteroatoms. The molecule has 2 aromatic heterocycles. The molecule has 0 aliphatic heterocycles. The maximum Gasteiger partial charge on any atom is 0.272 e. The van der Waals surface area contributed by atoms with Crippen LogP contribution in [0.5, 0.6) is 0 Å². The van der Waals surface area contributed by atoms with Crippen LogP contribution < -0.4 is 4.72 Å². The molecule has 0 saturated carbocycles. The zero-order valence-electron chi connectivity index (χ0n) is 12.3. The lowest BCUT2D eigenvalue weighted by atomic mass is 10.1. The van der Waals surface area contributed by atoms with E-state index in [0.717, 1.165) is 17.7 Å². The molecule has 0 spiro atoms. The molecule has 0 bridgehead atoms. The topological polar surface area (TPSA) is 72.2 Å². The van der Waals surface area contributed by atoms with Gasteiger partial charge in [0, 0.05) is 10.9 Å². The van der Waals surface area contributed by atoms with Crippen LogP contribution in [-0.2, 0) is 16.4 Å². The number of nitrogens with zero attached hydrogens (tertiary/aromatic N) is 1. The van der Waals surface area contributed by atoms with Gasteiger partial charge >= 0.3 is 0 Å². The molecule has 0 aliphatic carbocycles. The summed E-state index contributed by atoms with van der Waals surface area (Å²) in [7, 11) is -3.57. The fourth-order valence-corrected chi connectivity index (χ4v) is 4.35. The molecule has 0 unspecified atom stereocenters. The number of thiophene rings is 1. The van der Waals surface area contributed by atoms with Gasteiger partial charge in [0.2, 0.25) is 0 Å². The zero-order chi connectivity index (χ0) is 15.3. The minimum absolute atomic E-state index is 0.213. The van der Waals surface area contributed by atoms with Gasteiger partial charge in [0.25, 0.3) is 10.0 Å². The Bertz CT molecular complexity index is 674. The van der Waals surface area contributed by atoms with Crippen molar-refractivity contribution in [2.45, 2.75) is 50.2 Å². The summed E-state index contributed by atoms with van der Waals surface area (Å²) in [5, 5.41) is 3.64. The van der Waals surface area contributed by atoms with Gasteiger partial charge < -0.3 is 4.52 Å². The molecular weight excluding hydrogens is 308 g/mol. The molecule has 116 valence electrons. The Hall–Kier alpha value is -1.34. The number of hydrogen-bond donors (Lipinski definition) is 1. The lowest BCUT2D eigenvalue weighted by molar-refractivity contribution is 0.400. The third-order valence-corrected chi connectivity index (χ3v) is 6.04. The van der Waals surface area contributed by atoms with E-state index in [1.54, 1.807) is 19.1 Å². The Kier molecular flexibility index (Phi) is 5.41. The predicted octanol–water partition coefficient (Wildman–Crippen LogP) is 3.97. The van der Waals surface area contributed by atoms with Crippen LogP contribution in [-0.4, -0.2) is 13.6 Å². The third-order valence-electron chi connectivity index (χ3n) is 3.05. The highest BCUT2D eigenvalue weighted by molar-refractivity contribution is 7.94. The number of hydrogen-bond acceptors (Lipinski definition) is 5. The van der Waals surface area contributed by atoms with Gasteiger partial charge in [-0.05, 0) is 31.9 Å². The highest BCUT2D eigenvalue weighted by atomic mass is 32.2. The summed E-state index contributed by atoms with van der Waals surface area (Å²) < 4.78 is 32.0. The lowest BCUT2D eigenvalue weighted by Gasteiger charge is -2.01. The predicted molar refractivity (Wildman–Crippen MR) is 84.2 cm³/mol. The molecule has 0 atom stereocenters. The van der Waals surface area contributed by atoms with Crippen molar-refractivity contribution in [3.05, 3.63) is 28.8 Å². The molecule has 0 aromatic carbocycles. The number of aromatic nitrogens is 1. The number of anilines is 1. The van der Waals surface area contributed by atoms with Crippen LogP contribution in [0.1, 0.15) is 43.2 Å². The average Bonchev–Trinajstić information content (AvgIpc) is 3.04. The van der Waals surface area contributed by atoms with E-state index < -0.39 is 10.0 Å². The van der Waals surface area contributed by atoms with Gasteiger partial charge in [-0.3, -0.25) is 4.72 Å². The Balaban J connectivity index is 1.98. The van der Waals surface area contributed by atoms with Crippen molar-refractivity contribution < 1.29 is 12.9 Å². The van der Waals surface area contributed by atoms with E-state index in [2.05, 4.69) is 16.8 Å². The molecule has 0 aliphatic rings. The van der Waals surface area contributed by atoms with Gasteiger partial charge in [-0.15, -0.1) is 11.3 Å². The lowest BCUT2D eigenvalue weighted by Crippen LogP contribution is -2.11. The van der Waals surface area contributed by atoms with E-state index >= 15 is 0 Å². The molecule has 2 heterocycles. The summed E-state index contributed by atoms with van der Waals surface area (Å²) in [6.45, 7) is 3.89. The average molecular weight is 328 g/mol. The van der Waals surface area contributed by atoms with Crippen molar-refractivity contribution in [1.29, 1.82) is 0 Å². The third kappa shape index (κ3) is 4.57. The minimum atomic E-state index is -3.57. The SMILES string of the molecule is CCCCCCc1ccc(S(=O)(=O)Nc2cc(C)on2)s1. The number of aryl methyl sites for hydroxylation is 2. The molecule has 21 heavy (non-hydrogen) atoms. The molecule has 1 N–H and O–H groups in total. The van der Waals surface area contributed by atoms with Gasteiger partial charge in [0.1, 0.15) is 9.97 Å². The van der Waals surface area contributed by atoms with Gasteiger partial charge in [0.05, 0.1) is 0 Å². The van der Waals surface area contributed by atoms with Crippen molar-refractivity contribution in [2.75, 3.05) is 4.72 Å². The van der Waals surface area contributed by atoms with Crippen molar-refractivity contribution in [2.24, 2.45) is 0 Å². The van der Waals surface area contributed by atoms with Crippen LogP contribution in [0.2, 0.25) is 0 Å². The highest BCUT2D eigenvalue weighted by Gasteiger charge is 2.18. The van der Waals surface area contributed by atoms with Crippen molar-refractivity contribution in [1.82, 2.24) is 5.16 Å². The molecule has 5 nitrogen and oxygen atoms in total. The fraction of sp³-hybridized carbons (Fsp3) is 0.500. The van der Waals surface area contributed by atoms with Crippen LogP contribution in [0.25, 0.3) is 0 Å². The summed E-state index contributed by atoms with van der Waals surface area (Å²) >= 11 is 1.32. The first-order chi connectivity index (χ1) is 10.0. The molecule has 2 rings (SSSR count). The van der Waals surface area contributed by atoms with Gasteiger partial charge in [-0.2, -0.15) is 0 Å². The van der Waals surface area contributed by atoms with Crippen LogP contribution in [0, 0.1) is 6.92 Å². The Labute approximate surface area is 129 Å². The van der Waals surface area contributed by atoms with Gasteiger partial charge in [-0.1, -0.05) is 31.3 Å². The maximum absolute atomic E-state index is 12.2. The maximum atomic E-state index is 12.2. The number of rotatable bonds is 8. The Morgan fingerprint density at radius 1 is 1.29 bits per heavy atom. The van der Waals surface area contributed by atoms with Gasteiger partial charge in [-0.25, -0.2) is 8.42 Å². The smallest absolute Gasteiger partial charge is 0.272 e.